The van der Waals surface area contributed by atoms with Gasteiger partial charge in [0.15, 0.2) is 0 Å². The van der Waals surface area contributed by atoms with Crippen molar-refractivity contribution in [3.8, 4) is 0 Å². The maximum absolute atomic E-state index is 12.3. The second kappa shape index (κ2) is 6.34. The smallest absolute Gasteiger partial charge is 0.244 e. The SMILES string of the molecule is Cl.O=C(Cn1ccnn1)N(CC1CCCN1)C1CC1. The predicted octanol–water partition coefficient (Wildman–Crippen LogP) is 0.443. The fourth-order valence-corrected chi connectivity index (χ4v) is 2.54. The molecule has 1 aliphatic heterocycles. The Hall–Kier alpha value is -1.14. The number of hydrogen-bond acceptors (Lipinski definition) is 4. The zero-order valence-corrected chi connectivity index (χ0v) is 11.7. The Kier molecular flexibility index (Phi) is 4.76. The molecule has 0 bridgehead atoms. The molecule has 7 heteroatoms. The molecule has 1 N–H and O–H groups in total. The molecular weight excluding hydrogens is 266 g/mol. The second-order valence-electron chi connectivity index (χ2n) is 5.17. The van der Waals surface area contributed by atoms with Gasteiger partial charge in [0.05, 0.1) is 6.20 Å². The molecule has 19 heavy (non-hydrogen) atoms. The Morgan fingerprint density at radius 2 is 2.26 bits per heavy atom. The van der Waals surface area contributed by atoms with Crippen LogP contribution < -0.4 is 5.32 Å². The lowest BCUT2D eigenvalue weighted by molar-refractivity contribution is -0.133. The van der Waals surface area contributed by atoms with Gasteiger partial charge in [0.2, 0.25) is 5.91 Å². The first-order valence-corrected chi connectivity index (χ1v) is 6.70. The number of nitrogens with zero attached hydrogens (tertiary/aromatic N) is 4. The minimum absolute atomic E-state index is 0. The number of carbonyl (C=O) groups excluding carboxylic acids is 1. The van der Waals surface area contributed by atoms with E-state index in [4.69, 9.17) is 0 Å². The molecule has 1 unspecified atom stereocenters. The van der Waals surface area contributed by atoms with Crippen molar-refractivity contribution < 1.29 is 4.79 Å². The summed E-state index contributed by atoms with van der Waals surface area (Å²) in [6.45, 7) is 2.24. The molecule has 2 heterocycles. The predicted molar refractivity (Wildman–Crippen MR) is 73.0 cm³/mol. The largest absolute Gasteiger partial charge is 0.337 e. The summed E-state index contributed by atoms with van der Waals surface area (Å²) in [4.78, 5) is 14.3. The van der Waals surface area contributed by atoms with E-state index in [1.54, 1.807) is 17.1 Å². The fourth-order valence-electron chi connectivity index (χ4n) is 2.54. The number of amides is 1. The minimum Gasteiger partial charge on any atom is -0.337 e. The first-order chi connectivity index (χ1) is 8.83. The van der Waals surface area contributed by atoms with Gasteiger partial charge in [0.25, 0.3) is 0 Å². The molecule has 1 amide bonds. The summed E-state index contributed by atoms with van der Waals surface area (Å²) in [7, 11) is 0. The normalized spacial score (nSPS) is 22.0. The lowest BCUT2D eigenvalue weighted by Crippen LogP contribution is -2.43. The van der Waals surface area contributed by atoms with Crippen LogP contribution in [0.2, 0.25) is 0 Å². The van der Waals surface area contributed by atoms with Crippen molar-refractivity contribution in [2.45, 2.75) is 44.3 Å². The maximum atomic E-state index is 12.3. The molecule has 1 aromatic rings. The van der Waals surface area contributed by atoms with Crippen LogP contribution in [0.4, 0.5) is 0 Å². The highest BCUT2D eigenvalue weighted by Gasteiger charge is 2.34. The first-order valence-electron chi connectivity index (χ1n) is 6.70. The van der Waals surface area contributed by atoms with E-state index in [9.17, 15) is 4.79 Å². The van der Waals surface area contributed by atoms with Crippen molar-refractivity contribution in [1.29, 1.82) is 0 Å². The third-order valence-electron chi connectivity index (χ3n) is 3.66. The highest BCUT2D eigenvalue weighted by molar-refractivity contribution is 5.85. The molecule has 0 radical (unpaired) electrons. The number of hydrogen-bond donors (Lipinski definition) is 1. The molecule has 3 rings (SSSR count). The van der Waals surface area contributed by atoms with Crippen LogP contribution in [0.1, 0.15) is 25.7 Å². The van der Waals surface area contributed by atoms with Crippen LogP contribution in [0.5, 0.6) is 0 Å². The number of carbonyl (C=O) groups is 1. The van der Waals surface area contributed by atoms with Gasteiger partial charge < -0.3 is 10.2 Å². The Bertz CT molecular complexity index is 400. The summed E-state index contributed by atoms with van der Waals surface area (Å²) >= 11 is 0. The van der Waals surface area contributed by atoms with Gasteiger partial charge in [-0.15, -0.1) is 17.5 Å². The van der Waals surface area contributed by atoms with Crippen LogP contribution >= 0.6 is 12.4 Å². The molecule has 6 nitrogen and oxygen atoms in total. The van der Waals surface area contributed by atoms with Crippen LogP contribution in [0.25, 0.3) is 0 Å². The maximum Gasteiger partial charge on any atom is 0.244 e. The zero-order chi connectivity index (χ0) is 12.4. The molecule has 106 valence electrons. The van der Waals surface area contributed by atoms with Gasteiger partial charge in [-0.05, 0) is 32.2 Å². The Morgan fingerprint density at radius 3 is 2.84 bits per heavy atom. The van der Waals surface area contributed by atoms with Gasteiger partial charge in [0, 0.05) is 24.8 Å². The molecular formula is C12H20ClN5O. The standard InChI is InChI=1S/C12H19N5O.ClH/c18-12(9-16-7-6-14-15-16)17(11-3-4-11)8-10-2-1-5-13-10;/h6-7,10-11,13H,1-5,8-9H2;1H. The summed E-state index contributed by atoms with van der Waals surface area (Å²) in [6, 6.07) is 0.939. The molecule has 1 aromatic heterocycles. The molecule has 2 aliphatic rings. The number of rotatable bonds is 5. The minimum atomic E-state index is 0. The third-order valence-corrected chi connectivity index (χ3v) is 3.66. The highest BCUT2D eigenvalue weighted by Crippen LogP contribution is 2.28. The van der Waals surface area contributed by atoms with Crippen molar-refractivity contribution in [2.75, 3.05) is 13.1 Å². The summed E-state index contributed by atoms with van der Waals surface area (Å²) in [5, 5.41) is 11.0. The number of aromatic nitrogens is 3. The van der Waals surface area contributed by atoms with Gasteiger partial charge in [-0.2, -0.15) is 0 Å². The van der Waals surface area contributed by atoms with E-state index < -0.39 is 0 Å². The molecule has 1 aliphatic carbocycles. The van der Waals surface area contributed by atoms with Crippen LogP contribution in [0, 0.1) is 0 Å². The number of nitrogens with one attached hydrogen (secondary N) is 1. The third kappa shape index (κ3) is 3.67. The van der Waals surface area contributed by atoms with Crippen LogP contribution in [0.15, 0.2) is 12.4 Å². The molecule has 1 saturated carbocycles. The van der Waals surface area contributed by atoms with Crippen molar-refractivity contribution >= 4 is 18.3 Å². The van der Waals surface area contributed by atoms with E-state index >= 15 is 0 Å². The van der Waals surface area contributed by atoms with E-state index in [2.05, 4.69) is 15.6 Å². The van der Waals surface area contributed by atoms with Gasteiger partial charge in [-0.1, -0.05) is 5.21 Å². The van der Waals surface area contributed by atoms with E-state index in [-0.39, 0.29) is 18.3 Å². The topological polar surface area (TPSA) is 63.1 Å². The zero-order valence-electron chi connectivity index (χ0n) is 10.9. The summed E-state index contributed by atoms with van der Waals surface area (Å²) in [5.74, 6) is 0.164. The summed E-state index contributed by atoms with van der Waals surface area (Å²) < 4.78 is 1.60. The van der Waals surface area contributed by atoms with E-state index in [1.165, 1.54) is 12.8 Å². The van der Waals surface area contributed by atoms with E-state index in [0.717, 1.165) is 25.9 Å². The molecule has 2 fully saturated rings. The Balaban J connectivity index is 0.00000133. The number of halogens is 1. The van der Waals surface area contributed by atoms with E-state index in [0.29, 0.717) is 18.6 Å². The lowest BCUT2D eigenvalue weighted by atomic mass is 10.2. The molecule has 1 saturated heterocycles. The average molecular weight is 286 g/mol. The first kappa shape index (κ1) is 14.3. The van der Waals surface area contributed by atoms with Crippen LogP contribution in [-0.4, -0.2) is 51.0 Å². The van der Waals surface area contributed by atoms with Crippen molar-refractivity contribution in [2.24, 2.45) is 0 Å². The van der Waals surface area contributed by atoms with Gasteiger partial charge in [-0.3, -0.25) is 4.79 Å². The van der Waals surface area contributed by atoms with Crippen LogP contribution in [-0.2, 0) is 11.3 Å². The quantitative estimate of drug-likeness (QED) is 0.853. The molecule has 0 spiro atoms. The van der Waals surface area contributed by atoms with Gasteiger partial charge in [0.1, 0.15) is 6.54 Å². The summed E-state index contributed by atoms with van der Waals surface area (Å²) in [6.07, 6.45) is 8.04. The van der Waals surface area contributed by atoms with Crippen molar-refractivity contribution in [3.05, 3.63) is 12.4 Å². The van der Waals surface area contributed by atoms with Gasteiger partial charge in [-0.25, -0.2) is 4.68 Å². The second-order valence-corrected chi connectivity index (χ2v) is 5.17. The summed E-state index contributed by atoms with van der Waals surface area (Å²) in [5.41, 5.74) is 0. The Morgan fingerprint density at radius 1 is 1.42 bits per heavy atom. The Labute approximate surface area is 118 Å². The fraction of sp³-hybridized carbons (Fsp3) is 0.750. The lowest BCUT2D eigenvalue weighted by Gasteiger charge is -2.25. The molecule has 0 aromatic carbocycles. The van der Waals surface area contributed by atoms with E-state index in [1.807, 2.05) is 4.90 Å². The highest BCUT2D eigenvalue weighted by atomic mass is 35.5. The van der Waals surface area contributed by atoms with Gasteiger partial charge >= 0.3 is 0 Å². The van der Waals surface area contributed by atoms with Crippen molar-refractivity contribution in [3.63, 3.8) is 0 Å². The average Bonchev–Trinajstić information content (AvgIpc) is 2.87. The monoisotopic (exact) mass is 285 g/mol. The van der Waals surface area contributed by atoms with Crippen LogP contribution in [0.3, 0.4) is 0 Å². The molecule has 1 atom stereocenters. The van der Waals surface area contributed by atoms with Crippen molar-refractivity contribution in [1.82, 2.24) is 25.2 Å².